The van der Waals surface area contributed by atoms with E-state index in [0.717, 1.165) is 31.4 Å². The first-order chi connectivity index (χ1) is 13.1. The molecule has 4 heteroatoms. The fraction of sp³-hybridized carbons (Fsp3) is 0.708. The molecule has 1 heterocycles. The lowest BCUT2D eigenvalue weighted by Gasteiger charge is -2.42. The van der Waals surface area contributed by atoms with Crippen molar-refractivity contribution >= 4 is 5.97 Å². The number of hydrogen-bond donors (Lipinski definition) is 2. The zero-order valence-corrected chi connectivity index (χ0v) is 18.8. The topological polar surface area (TPSA) is 58.6 Å². The lowest BCUT2D eigenvalue weighted by atomic mass is 9.83. The summed E-state index contributed by atoms with van der Waals surface area (Å²) in [6.07, 6.45) is 9.78. The molecule has 1 aliphatic heterocycles. The number of benzene rings is 1. The van der Waals surface area contributed by atoms with Gasteiger partial charge in [-0.05, 0) is 84.1 Å². The van der Waals surface area contributed by atoms with Crippen molar-refractivity contribution in [2.24, 2.45) is 0 Å². The Morgan fingerprint density at radius 2 is 1.61 bits per heavy atom. The molecule has 0 amide bonds. The maximum Gasteiger partial charge on any atom is 0.335 e. The van der Waals surface area contributed by atoms with Gasteiger partial charge in [0.25, 0.3) is 0 Å². The summed E-state index contributed by atoms with van der Waals surface area (Å²) >= 11 is 0. The van der Waals surface area contributed by atoms with Gasteiger partial charge in [0.2, 0.25) is 0 Å². The molecule has 4 nitrogen and oxygen atoms in total. The standard InChI is InChI=1S/C15H22O3.C9H19N/c1-3-5-7-13(6-4-2)18-14-10-8-12(9-11-14)15(16)17;1-8(2)6-5-7-9(3,4)10-8/h8-11,13H,3-7H2,1-2H3,(H,16,17);10H,5-7H2,1-4H3. The summed E-state index contributed by atoms with van der Waals surface area (Å²) in [5, 5.41) is 12.4. The van der Waals surface area contributed by atoms with Crippen LogP contribution in [0.2, 0.25) is 0 Å². The number of hydrogen-bond acceptors (Lipinski definition) is 3. The van der Waals surface area contributed by atoms with Crippen LogP contribution in [0, 0.1) is 0 Å². The molecule has 1 aromatic rings. The van der Waals surface area contributed by atoms with E-state index < -0.39 is 5.97 Å². The van der Waals surface area contributed by atoms with E-state index in [9.17, 15) is 4.79 Å². The predicted molar refractivity (Wildman–Crippen MR) is 117 cm³/mol. The third-order valence-corrected chi connectivity index (χ3v) is 5.17. The molecule has 1 aliphatic rings. The smallest absolute Gasteiger partial charge is 0.335 e. The number of unbranched alkanes of at least 4 members (excludes halogenated alkanes) is 1. The van der Waals surface area contributed by atoms with E-state index in [4.69, 9.17) is 9.84 Å². The first kappa shape index (κ1) is 24.5. The van der Waals surface area contributed by atoms with E-state index in [1.54, 1.807) is 24.3 Å². The number of nitrogens with one attached hydrogen (secondary N) is 1. The Kier molecular flexibility index (Phi) is 10.0. The summed E-state index contributed by atoms with van der Waals surface area (Å²) in [4.78, 5) is 10.7. The molecular weight excluding hydrogens is 350 g/mol. The van der Waals surface area contributed by atoms with Crippen LogP contribution in [0.4, 0.5) is 0 Å². The van der Waals surface area contributed by atoms with Crippen LogP contribution in [0.5, 0.6) is 5.75 Å². The van der Waals surface area contributed by atoms with E-state index in [0.29, 0.717) is 16.6 Å². The number of aromatic carboxylic acids is 1. The van der Waals surface area contributed by atoms with Gasteiger partial charge in [-0.2, -0.15) is 0 Å². The average Bonchev–Trinajstić information content (AvgIpc) is 2.59. The number of piperidine rings is 1. The van der Waals surface area contributed by atoms with Crippen molar-refractivity contribution in [2.75, 3.05) is 0 Å². The second kappa shape index (κ2) is 11.5. The molecule has 0 aliphatic carbocycles. The van der Waals surface area contributed by atoms with Crippen LogP contribution in [0.1, 0.15) is 103 Å². The molecule has 160 valence electrons. The van der Waals surface area contributed by atoms with Crippen molar-refractivity contribution in [1.29, 1.82) is 0 Å². The van der Waals surface area contributed by atoms with Crippen molar-refractivity contribution in [3.63, 3.8) is 0 Å². The molecule has 1 aromatic carbocycles. The van der Waals surface area contributed by atoms with Gasteiger partial charge in [0, 0.05) is 11.1 Å². The van der Waals surface area contributed by atoms with Gasteiger partial charge in [-0.25, -0.2) is 4.79 Å². The van der Waals surface area contributed by atoms with Gasteiger partial charge in [-0.1, -0.05) is 33.1 Å². The van der Waals surface area contributed by atoms with Crippen LogP contribution in [0.15, 0.2) is 24.3 Å². The Hall–Kier alpha value is -1.55. The molecule has 1 fully saturated rings. The lowest BCUT2D eigenvalue weighted by molar-refractivity contribution is 0.0696. The second-order valence-corrected chi connectivity index (χ2v) is 9.25. The maximum atomic E-state index is 10.7. The first-order valence-corrected chi connectivity index (χ1v) is 10.9. The predicted octanol–water partition coefficient (Wildman–Crippen LogP) is 6.44. The zero-order valence-electron chi connectivity index (χ0n) is 18.8. The Balaban J connectivity index is 0.000000330. The van der Waals surface area contributed by atoms with Gasteiger partial charge >= 0.3 is 5.97 Å². The molecule has 2 N–H and O–H groups in total. The number of carboxylic acid groups (broad SMARTS) is 1. The van der Waals surface area contributed by atoms with E-state index in [1.165, 1.54) is 25.7 Å². The van der Waals surface area contributed by atoms with Crippen molar-refractivity contribution in [1.82, 2.24) is 5.32 Å². The highest BCUT2D eigenvalue weighted by molar-refractivity contribution is 5.87. The Morgan fingerprint density at radius 1 is 1.04 bits per heavy atom. The third-order valence-electron chi connectivity index (χ3n) is 5.17. The summed E-state index contributed by atoms with van der Waals surface area (Å²) in [6.45, 7) is 13.5. The van der Waals surface area contributed by atoms with Crippen LogP contribution < -0.4 is 10.1 Å². The van der Waals surface area contributed by atoms with E-state index in [1.807, 2.05) is 0 Å². The Morgan fingerprint density at radius 3 is 2.00 bits per heavy atom. The van der Waals surface area contributed by atoms with Crippen LogP contribution in [-0.2, 0) is 0 Å². The quantitative estimate of drug-likeness (QED) is 0.535. The molecule has 1 unspecified atom stereocenters. The maximum absolute atomic E-state index is 10.7. The number of ether oxygens (including phenoxy) is 1. The molecule has 0 saturated carbocycles. The number of rotatable bonds is 8. The fourth-order valence-electron chi connectivity index (χ4n) is 3.90. The normalized spacial score (nSPS) is 18.5. The average molecular weight is 392 g/mol. The summed E-state index contributed by atoms with van der Waals surface area (Å²) in [5.74, 6) is -0.146. The van der Waals surface area contributed by atoms with E-state index in [-0.39, 0.29) is 6.10 Å². The second-order valence-electron chi connectivity index (χ2n) is 9.25. The minimum atomic E-state index is -0.905. The largest absolute Gasteiger partial charge is 0.490 e. The van der Waals surface area contributed by atoms with Gasteiger partial charge in [0.15, 0.2) is 0 Å². The summed E-state index contributed by atoms with van der Waals surface area (Å²) in [6, 6.07) is 6.64. The van der Waals surface area contributed by atoms with E-state index >= 15 is 0 Å². The van der Waals surface area contributed by atoms with Crippen LogP contribution >= 0.6 is 0 Å². The molecule has 0 bridgehead atoms. The van der Waals surface area contributed by atoms with Crippen molar-refractivity contribution < 1.29 is 14.6 Å². The highest BCUT2D eigenvalue weighted by Gasteiger charge is 2.31. The van der Waals surface area contributed by atoms with Crippen LogP contribution in [-0.4, -0.2) is 28.3 Å². The highest BCUT2D eigenvalue weighted by atomic mass is 16.5. The summed E-state index contributed by atoms with van der Waals surface area (Å²) in [5.41, 5.74) is 1.02. The van der Waals surface area contributed by atoms with Crippen molar-refractivity contribution in [2.45, 2.75) is 110 Å². The molecular formula is C24H41NO3. The number of carboxylic acids is 1. The molecule has 0 radical (unpaired) electrons. The minimum Gasteiger partial charge on any atom is -0.490 e. The van der Waals surface area contributed by atoms with Gasteiger partial charge in [-0.3, -0.25) is 0 Å². The summed E-state index contributed by atoms with van der Waals surface area (Å²) < 4.78 is 5.90. The van der Waals surface area contributed by atoms with Crippen LogP contribution in [0.25, 0.3) is 0 Å². The van der Waals surface area contributed by atoms with E-state index in [2.05, 4.69) is 46.9 Å². The minimum absolute atomic E-state index is 0.241. The molecule has 2 rings (SSSR count). The van der Waals surface area contributed by atoms with Gasteiger partial charge in [-0.15, -0.1) is 0 Å². The third kappa shape index (κ3) is 9.59. The molecule has 0 aromatic heterocycles. The number of carbonyl (C=O) groups is 1. The van der Waals surface area contributed by atoms with Crippen molar-refractivity contribution in [3.05, 3.63) is 29.8 Å². The lowest BCUT2D eigenvalue weighted by Crippen LogP contribution is -2.55. The van der Waals surface area contributed by atoms with Gasteiger partial charge in [0.05, 0.1) is 11.7 Å². The monoisotopic (exact) mass is 391 g/mol. The van der Waals surface area contributed by atoms with Gasteiger partial charge < -0.3 is 15.2 Å². The SMILES string of the molecule is CC1(C)CCCC(C)(C)N1.CCCCC(CCC)Oc1ccc(C(=O)O)cc1. The Bertz CT molecular complexity index is 564. The highest BCUT2D eigenvalue weighted by Crippen LogP contribution is 2.27. The summed E-state index contributed by atoms with van der Waals surface area (Å²) in [7, 11) is 0. The van der Waals surface area contributed by atoms with Crippen LogP contribution in [0.3, 0.4) is 0 Å². The van der Waals surface area contributed by atoms with Gasteiger partial charge in [0.1, 0.15) is 5.75 Å². The zero-order chi connectivity index (χ0) is 21.2. The fourth-order valence-corrected chi connectivity index (χ4v) is 3.90. The molecule has 28 heavy (non-hydrogen) atoms. The molecule has 0 spiro atoms. The first-order valence-electron chi connectivity index (χ1n) is 10.9. The van der Waals surface area contributed by atoms with Crippen molar-refractivity contribution in [3.8, 4) is 5.75 Å². The Labute approximate surface area is 172 Å². The molecule has 1 saturated heterocycles. The molecule has 1 atom stereocenters.